The molecule has 1 aliphatic rings. The van der Waals surface area contributed by atoms with Crippen LogP contribution in [0.5, 0.6) is 0 Å². The second-order valence-electron chi connectivity index (χ2n) is 5.52. The van der Waals surface area contributed by atoms with Gasteiger partial charge in [-0.1, -0.05) is 20.3 Å². The van der Waals surface area contributed by atoms with E-state index in [1.807, 2.05) is 0 Å². The molecule has 0 amide bonds. The average molecular weight is 234 g/mol. The van der Waals surface area contributed by atoms with Crippen molar-refractivity contribution in [1.82, 2.24) is 9.88 Å². The first kappa shape index (κ1) is 12.7. The van der Waals surface area contributed by atoms with Crippen LogP contribution in [-0.2, 0) is 6.42 Å². The fourth-order valence-electron chi connectivity index (χ4n) is 3.38. The Morgan fingerprint density at radius 2 is 2.18 bits per heavy atom. The first-order chi connectivity index (χ1) is 8.19. The minimum atomic E-state index is 0.625. The zero-order chi connectivity index (χ0) is 12.4. The summed E-state index contributed by atoms with van der Waals surface area (Å²) in [6.07, 6.45) is 7.09. The van der Waals surface area contributed by atoms with Gasteiger partial charge in [0, 0.05) is 36.4 Å². The maximum atomic E-state index is 3.44. The summed E-state index contributed by atoms with van der Waals surface area (Å²) in [5.41, 5.74) is 3.03. The van der Waals surface area contributed by atoms with Gasteiger partial charge < -0.3 is 4.98 Å². The highest BCUT2D eigenvalue weighted by atomic mass is 15.2. The van der Waals surface area contributed by atoms with Gasteiger partial charge in [-0.25, -0.2) is 0 Å². The number of nitrogens with one attached hydrogen (secondary N) is 1. The quantitative estimate of drug-likeness (QED) is 0.837. The molecule has 0 unspecified atom stereocenters. The van der Waals surface area contributed by atoms with Gasteiger partial charge in [-0.15, -0.1) is 0 Å². The zero-order valence-electron chi connectivity index (χ0n) is 11.7. The molecule has 2 nitrogen and oxygen atoms in total. The number of fused-ring (bicyclic) bond motifs is 1. The number of rotatable bonds is 4. The Kier molecular flexibility index (Phi) is 3.93. The molecule has 1 aromatic heterocycles. The van der Waals surface area contributed by atoms with Crippen molar-refractivity contribution in [2.24, 2.45) is 0 Å². The molecule has 0 spiro atoms. The van der Waals surface area contributed by atoms with E-state index in [1.54, 1.807) is 5.56 Å². The normalized spacial score (nSPS) is 25.2. The van der Waals surface area contributed by atoms with Crippen molar-refractivity contribution < 1.29 is 0 Å². The summed E-state index contributed by atoms with van der Waals surface area (Å²) < 4.78 is 0. The van der Waals surface area contributed by atoms with Gasteiger partial charge >= 0.3 is 0 Å². The van der Waals surface area contributed by atoms with Crippen LogP contribution in [0.1, 0.15) is 64.3 Å². The minimum Gasteiger partial charge on any atom is -0.365 e. The molecule has 96 valence electrons. The molecule has 2 heterocycles. The first-order valence-electron chi connectivity index (χ1n) is 7.12. The van der Waals surface area contributed by atoms with E-state index in [-0.39, 0.29) is 0 Å². The van der Waals surface area contributed by atoms with Gasteiger partial charge in [0.1, 0.15) is 0 Å². The number of hydrogen-bond acceptors (Lipinski definition) is 1. The SMILES string of the molecule is CCC[C@@H]1c2cc[nH]c2C[C@@H](CC)N1C(C)C. The number of aromatic amines is 1. The molecule has 1 aromatic rings. The molecule has 0 aliphatic carbocycles. The average Bonchev–Trinajstić information content (AvgIpc) is 2.76. The predicted molar refractivity (Wildman–Crippen MR) is 73.2 cm³/mol. The lowest BCUT2D eigenvalue weighted by atomic mass is 9.88. The molecule has 1 aliphatic heterocycles. The maximum absolute atomic E-state index is 3.44. The summed E-state index contributed by atoms with van der Waals surface area (Å²) in [6.45, 7) is 9.28. The largest absolute Gasteiger partial charge is 0.365 e. The Morgan fingerprint density at radius 3 is 2.76 bits per heavy atom. The Morgan fingerprint density at radius 1 is 1.41 bits per heavy atom. The van der Waals surface area contributed by atoms with E-state index in [1.165, 1.54) is 31.4 Å². The van der Waals surface area contributed by atoms with Crippen molar-refractivity contribution in [3.8, 4) is 0 Å². The lowest BCUT2D eigenvalue weighted by molar-refractivity contribution is 0.0711. The zero-order valence-corrected chi connectivity index (χ0v) is 11.7. The van der Waals surface area contributed by atoms with E-state index < -0.39 is 0 Å². The van der Waals surface area contributed by atoms with E-state index in [2.05, 4.69) is 49.8 Å². The van der Waals surface area contributed by atoms with Crippen molar-refractivity contribution in [2.45, 2.75) is 71.5 Å². The Bertz CT molecular complexity index is 354. The standard InChI is InChI=1S/C15H26N2/c1-5-7-15-13-8-9-16-14(13)10-12(6-2)17(15)11(3)4/h8-9,11-12,15-16H,5-7,10H2,1-4H3/t12-,15-/m1/s1. The van der Waals surface area contributed by atoms with E-state index in [0.717, 1.165) is 0 Å². The van der Waals surface area contributed by atoms with Crippen molar-refractivity contribution >= 4 is 0 Å². The topological polar surface area (TPSA) is 19.0 Å². The van der Waals surface area contributed by atoms with Gasteiger partial charge in [0.05, 0.1) is 0 Å². The van der Waals surface area contributed by atoms with Gasteiger partial charge in [0.25, 0.3) is 0 Å². The van der Waals surface area contributed by atoms with Crippen LogP contribution in [0, 0.1) is 0 Å². The van der Waals surface area contributed by atoms with Gasteiger partial charge in [-0.3, -0.25) is 4.90 Å². The van der Waals surface area contributed by atoms with Crippen LogP contribution in [0.25, 0.3) is 0 Å². The molecule has 0 saturated carbocycles. The molecule has 2 rings (SSSR count). The molecule has 0 radical (unpaired) electrons. The predicted octanol–water partition coefficient (Wildman–Crippen LogP) is 3.90. The molecule has 0 saturated heterocycles. The van der Waals surface area contributed by atoms with Crippen molar-refractivity contribution in [2.75, 3.05) is 0 Å². The Balaban J connectivity index is 2.34. The first-order valence-corrected chi connectivity index (χ1v) is 7.12. The number of hydrogen-bond donors (Lipinski definition) is 1. The summed E-state index contributed by atoms with van der Waals surface area (Å²) in [7, 11) is 0. The Hall–Kier alpha value is -0.760. The highest BCUT2D eigenvalue weighted by Gasteiger charge is 2.34. The summed E-state index contributed by atoms with van der Waals surface area (Å²) >= 11 is 0. The van der Waals surface area contributed by atoms with E-state index in [9.17, 15) is 0 Å². The number of aromatic nitrogens is 1. The van der Waals surface area contributed by atoms with Crippen LogP contribution in [0.4, 0.5) is 0 Å². The summed E-state index contributed by atoms with van der Waals surface area (Å²) in [4.78, 5) is 6.18. The van der Waals surface area contributed by atoms with Crippen molar-refractivity contribution in [3.05, 3.63) is 23.5 Å². The van der Waals surface area contributed by atoms with Gasteiger partial charge in [-0.05, 0) is 38.3 Å². The summed E-state index contributed by atoms with van der Waals surface area (Å²) in [5.74, 6) is 0. The van der Waals surface area contributed by atoms with Crippen LogP contribution in [0.15, 0.2) is 12.3 Å². The molecule has 1 N–H and O–H groups in total. The van der Waals surface area contributed by atoms with Crippen LogP contribution in [0.3, 0.4) is 0 Å². The van der Waals surface area contributed by atoms with Crippen LogP contribution >= 0.6 is 0 Å². The lowest BCUT2D eigenvalue weighted by Crippen LogP contribution is -2.47. The summed E-state index contributed by atoms with van der Waals surface area (Å²) in [5, 5.41) is 0. The molecule has 0 aromatic carbocycles. The molecular weight excluding hydrogens is 208 g/mol. The molecule has 0 bridgehead atoms. The van der Waals surface area contributed by atoms with Gasteiger partial charge in [-0.2, -0.15) is 0 Å². The maximum Gasteiger partial charge on any atom is 0.0371 e. The highest BCUT2D eigenvalue weighted by molar-refractivity contribution is 5.28. The van der Waals surface area contributed by atoms with Crippen LogP contribution < -0.4 is 0 Å². The molecular formula is C15H26N2. The molecule has 17 heavy (non-hydrogen) atoms. The Labute approximate surface area is 105 Å². The van der Waals surface area contributed by atoms with Crippen molar-refractivity contribution in [3.63, 3.8) is 0 Å². The van der Waals surface area contributed by atoms with Gasteiger partial charge in [0.15, 0.2) is 0 Å². The monoisotopic (exact) mass is 234 g/mol. The third-order valence-electron chi connectivity index (χ3n) is 4.08. The second-order valence-corrected chi connectivity index (χ2v) is 5.52. The molecule has 2 heteroatoms. The third-order valence-corrected chi connectivity index (χ3v) is 4.08. The summed E-state index contributed by atoms with van der Waals surface area (Å²) in [6, 6.07) is 4.26. The second kappa shape index (κ2) is 5.26. The van der Waals surface area contributed by atoms with E-state index in [4.69, 9.17) is 0 Å². The molecule has 0 fully saturated rings. The lowest BCUT2D eigenvalue weighted by Gasteiger charge is -2.44. The van der Waals surface area contributed by atoms with Gasteiger partial charge in [0.2, 0.25) is 0 Å². The fourth-order valence-corrected chi connectivity index (χ4v) is 3.38. The van der Waals surface area contributed by atoms with E-state index in [0.29, 0.717) is 18.1 Å². The van der Waals surface area contributed by atoms with E-state index >= 15 is 0 Å². The molecule has 2 atom stereocenters. The van der Waals surface area contributed by atoms with Crippen molar-refractivity contribution in [1.29, 1.82) is 0 Å². The highest BCUT2D eigenvalue weighted by Crippen LogP contribution is 2.37. The fraction of sp³-hybridized carbons (Fsp3) is 0.733. The third kappa shape index (κ3) is 2.28. The van der Waals surface area contributed by atoms with Crippen LogP contribution in [0.2, 0.25) is 0 Å². The smallest absolute Gasteiger partial charge is 0.0371 e. The van der Waals surface area contributed by atoms with Crippen LogP contribution in [-0.4, -0.2) is 22.0 Å². The number of H-pyrrole nitrogens is 1. The number of nitrogens with zero attached hydrogens (tertiary/aromatic N) is 1. The minimum absolute atomic E-state index is 0.625.